The molecule has 6 heteroatoms. The highest BCUT2D eigenvalue weighted by Crippen LogP contribution is 2.18. The lowest BCUT2D eigenvalue weighted by Gasteiger charge is -2.23. The van der Waals surface area contributed by atoms with Gasteiger partial charge in [-0.25, -0.2) is 4.98 Å². The number of anilines is 1. The summed E-state index contributed by atoms with van der Waals surface area (Å²) in [6, 6.07) is 4.20. The average molecular weight is 324 g/mol. The van der Waals surface area contributed by atoms with Crippen molar-refractivity contribution in [2.24, 2.45) is 7.05 Å². The summed E-state index contributed by atoms with van der Waals surface area (Å²) >= 11 is 3.38. The number of likely N-dealkylation sites (N-methyl/N-ethyl adjacent to an activating group) is 1. The van der Waals surface area contributed by atoms with E-state index in [4.69, 9.17) is 0 Å². The molecular formula is C13H18BrN5. The fourth-order valence-electron chi connectivity index (χ4n) is 1.89. The number of nitrogens with zero attached hydrogens (tertiary/aromatic N) is 4. The van der Waals surface area contributed by atoms with Gasteiger partial charge in [0.15, 0.2) is 0 Å². The Labute approximate surface area is 121 Å². The van der Waals surface area contributed by atoms with Crippen LogP contribution in [0.1, 0.15) is 11.6 Å². The number of pyridine rings is 1. The second-order valence-corrected chi connectivity index (χ2v) is 5.58. The zero-order chi connectivity index (χ0) is 13.8. The molecule has 19 heavy (non-hydrogen) atoms. The highest BCUT2D eigenvalue weighted by Gasteiger charge is 2.15. The number of hydrogen-bond acceptors (Lipinski definition) is 4. The predicted octanol–water partition coefficient (Wildman–Crippen LogP) is 2.29. The summed E-state index contributed by atoms with van der Waals surface area (Å²) in [6.07, 6.45) is 5.74. The fraction of sp³-hybridized carbons (Fsp3) is 0.385. The van der Waals surface area contributed by atoms with Crippen LogP contribution in [0.2, 0.25) is 0 Å². The molecule has 5 nitrogen and oxygen atoms in total. The van der Waals surface area contributed by atoms with Crippen molar-refractivity contribution in [1.82, 2.24) is 19.7 Å². The van der Waals surface area contributed by atoms with Crippen LogP contribution in [0, 0.1) is 0 Å². The van der Waals surface area contributed by atoms with Crippen LogP contribution in [0.25, 0.3) is 0 Å². The van der Waals surface area contributed by atoms with E-state index in [1.54, 1.807) is 6.20 Å². The third-order valence-corrected chi connectivity index (χ3v) is 3.41. The van der Waals surface area contributed by atoms with Gasteiger partial charge in [0.2, 0.25) is 0 Å². The van der Waals surface area contributed by atoms with Crippen LogP contribution < -0.4 is 5.32 Å². The molecule has 2 aromatic rings. The molecule has 0 amide bonds. The lowest BCUT2D eigenvalue weighted by Crippen LogP contribution is -2.26. The number of rotatable bonds is 5. The molecule has 2 heterocycles. The van der Waals surface area contributed by atoms with Gasteiger partial charge < -0.3 is 10.2 Å². The number of hydrogen-bond donors (Lipinski definition) is 1. The third-order valence-electron chi connectivity index (χ3n) is 2.94. The minimum atomic E-state index is 0.263. The van der Waals surface area contributed by atoms with Crippen LogP contribution >= 0.6 is 15.9 Å². The summed E-state index contributed by atoms with van der Waals surface area (Å²) in [5.41, 5.74) is 1.19. The molecule has 1 N–H and O–H groups in total. The van der Waals surface area contributed by atoms with Gasteiger partial charge in [0.25, 0.3) is 0 Å². The smallest absolute Gasteiger partial charge is 0.126 e. The number of aromatic nitrogens is 3. The topological polar surface area (TPSA) is 46.0 Å². The Morgan fingerprint density at radius 3 is 2.68 bits per heavy atom. The Hall–Kier alpha value is -1.40. The van der Waals surface area contributed by atoms with Crippen LogP contribution in [-0.2, 0) is 7.05 Å². The molecule has 0 aliphatic carbocycles. The molecule has 2 aromatic heterocycles. The fourth-order valence-corrected chi connectivity index (χ4v) is 2.13. The minimum Gasteiger partial charge on any atom is -0.368 e. The lowest BCUT2D eigenvalue weighted by atomic mass is 10.1. The molecule has 2 rings (SSSR count). The van der Waals surface area contributed by atoms with Crippen molar-refractivity contribution in [2.45, 2.75) is 6.04 Å². The predicted molar refractivity (Wildman–Crippen MR) is 80.1 cm³/mol. The van der Waals surface area contributed by atoms with E-state index in [-0.39, 0.29) is 6.04 Å². The Morgan fingerprint density at radius 1 is 1.37 bits per heavy atom. The van der Waals surface area contributed by atoms with Crippen molar-refractivity contribution in [2.75, 3.05) is 26.0 Å². The molecule has 0 fully saturated rings. The monoisotopic (exact) mass is 323 g/mol. The quantitative estimate of drug-likeness (QED) is 0.917. The van der Waals surface area contributed by atoms with Gasteiger partial charge in [-0.05, 0) is 42.2 Å². The second kappa shape index (κ2) is 6.16. The largest absolute Gasteiger partial charge is 0.368 e. The minimum absolute atomic E-state index is 0.263. The van der Waals surface area contributed by atoms with E-state index in [1.807, 2.05) is 36.3 Å². The SMILES string of the molecule is CN(C)C(CNc1ccc(Br)cn1)c1cnn(C)c1. The zero-order valence-corrected chi connectivity index (χ0v) is 12.9. The van der Waals surface area contributed by atoms with Gasteiger partial charge in [-0.1, -0.05) is 0 Å². The van der Waals surface area contributed by atoms with Gasteiger partial charge in [0, 0.05) is 36.0 Å². The average Bonchev–Trinajstić information content (AvgIpc) is 2.78. The Bertz CT molecular complexity index is 520. The van der Waals surface area contributed by atoms with E-state index in [0.29, 0.717) is 0 Å². The molecule has 0 radical (unpaired) electrons. The maximum atomic E-state index is 4.31. The highest BCUT2D eigenvalue weighted by atomic mass is 79.9. The molecule has 0 saturated heterocycles. The Balaban J connectivity index is 2.03. The molecule has 0 bridgehead atoms. The molecule has 102 valence electrons. The first-order valence-electron chi connectivity index (χ1n) is 6.06. The summed E-state index contributed by atoms with van der Waals surface area (Å²) < 4.78 is 2.80. The molecule has 0 aliphatic heterocycles. The van der Waals surface area contributed by atoms with Crippen LogP contribution in [0.15, 0.2) is 35.2 Å². The van der Waals surface area contributed by atoms with Gasteiger partial charge in [0.05, 0.1) is 12.2 Å². The zero-order valence-electron chi connectivity index (χ0n) is 11.3. The van der Waals surface area contributed by atoms with Crippen LogP contribution in [0.5, 0.6) is 0 Å². The summed E-state index contributed by atoms with van der Waals surface area (Å²) in [5, 5.41) is 7.58. The van der Waals surface area contributed by atoms with Crippen molar-refractivity contribution in [3.8, 4) is 0 Å². The maximum absolute atomic E-state index is 4.31. The van der Waals surface area contributed by atoms with Gasteiger partial charge >= 0.3 is 0 Å². The summed E-state index contributed by atoms with van der Waals surface area (Å²) in [5.74, 6) is 0.874. The Kier molecular flexibility index (Phi) is 4.55. The van der Waals surface area contributed by atoms with Crippen molar-refractivity contribution < 1.29 is 0 Å². The number of nitrogens with one attached hydrogen (secondary N) is 1. The third kappa shape index (κ3) is 3.78. The van der Waals surface area contributed by atoms with Gasteiger partial charge in [0.1, 0.15) is 5.82 Å². The standard InChI is InChI=1S/C13H18BrN5/c1-18(2)12(10-6-17-19(3)9-10)8-16-13-5-4-11(14)7-15-13/h4-7,9,12H,8H2,1-3H3,(H,15,16). The first-order valence-corrected chi connectivity index (χ1v) is 6.86. The van der Waals surface area contributed by atoms with Crippen LogP contribution in [0.4, 0.5) is 5.82 Å². The van der Waals surface area contributed by atoms with E-state index in [2.05, 4.69) is 50.3 Å². The normalized spacial score (nSPS) is 12.7. The molecule has 0 aromatic carbocycles. The first kappa shape index (κ1) is 14.0. The van der Waals surface area contributed by atoms with Crippen molar-refractivity contribution >= 4 is 21.7 Å². The van der Waals surface area contributed by atoms with E-state index < -0.39 is 0 Å². The van der Waals surface area contributed by atoms with Crippen molar-refractivity contribution in [1.29, 1.82) is 0 Å². The van der Waals surface area contributed by atoms with Gasteiger partial charge in [-0.15, -0.1) is 0 Å². The van der Waals surface area contributed by atoms with E-state index >= 15 is 0 Å². The van der Waals surface area contributed by atoms with Crippen molar-refractivity contribution in [3.63, 3.8) is 0 Å². The van der Waals surface area contributed by atoms with Gasteiger partial charge in [-0.2, -0.15) is 5.10 Å². The molecule has 1 atom stereocenters. The van der Waals surface area contributed by atoms with Crippen LogP contribution in [0.3, 0.4) is 0 Å². The molecular weight excluding hydrogens is 306 g/mol. The molecule has 0 saturated carbocycles. The van der Waals surface area contributed by atoms with E-state index in [9.17, 15) is 0 Å². The maximum Gasteiger partial charge on any atom is 0.126 e. The summed E-state index contributed by atoms with van der Waals surface area (Å²) in [7, 11) is 6.06. The number of aryl methyl sites for hydroxylation is 1. The molecule has 1 unspecified atom stereocenters. The van der Waals surface area contributed by atoms with Gasteiger partial charge in [-0.3, -0.25) is 4.68 Å². The summed E-state index contributed by atoms with van der Waals surface area (Å²) in [6.45, 7) is 0.785. The first-order chi connectivity index (χ1) is 9.06. The lowest BCUT2D eigenvalue weighted by molar-refractivity contribution is 0.311. The van der Waals surface area contributed by atoms with Crippen LogP contribution in [-0.4, -0.2) is 40.3 Å². The second-order valence-electron chi connectivity index (χ2n) is 4.67. The van der Waals surface area contributed by atoms with Crippen molar-refractivity contribution in [3.05, 3.63) is 40.8 Å². The molecule has 0 aliphatic rings. The Morgan fingerprint density at radius 2 is 2.16 bits per heavy atom. The summed E-state index contributed by atoms with van der Waals surface area (Å²) in [4.78, 5) is 6.48. The highest BCUT2D eigenvalue weighted by molar-refractivity contribution is 9.10. The van der Waals surface area contributed by atoms with E-state index in [1.165, 1.54) is 5.56 Å². The van der Waals surface area contributed by atoms with E-state index in [0.717, 1.165) is 16.8 Å². The number of halogens is 1. The molecule has 0 spiro atoms.